The van der Waals surface area contributed by atoms with Crippen LogP contribution >= 0.6 is 0 Å². The van der Waals surface area contributed by atoms with Gasteiger partial charge >= 0.3 is 0 Å². The van der Waals surface area contributed by atoms with Gasteiger partial charge < -0.3 is 9.64 Å². The second-order valence-corrected chi connectivity index (χ2v) is 3.84. The lowest BCUT2D eigenvalue weighted by molar-refractivity contribution is 0.326. The summed E-state index contributed by atoms with van der Waals surface area (Å²) in [6.45, 7) is 4.18. The van der Waals surface area contributed by atoms with E-state index in [2.05, 4.69) is 15.1 Å². The predicted octanol–water partition coefficient (Wildman–Crippen LogP) is 1.21. The number of anilines is 1. The van der Waals surface area contributed by atoms with Crippen LogP contribution in [0.5, 0.6) is 5.88 Å². The Balaban J connectivity index is 1.95. The van der Waals surface area contributed by atoms with Gasteiger partial charge in [-0.3, -0.25) is 4.68 Å². The molecule has 0 amide bonds. The van der Waals surface area contributed by atoms with E-state index in [0.29, 0.717) is 12.5 Å². The van der Waals surface area contributed by atoms with E-state index in [1.807, 2.05) is 41.9 Å². The van der Waals surface area contributed by atoms with E-state index in [1.165, 1.54) is 6.33 Å². The summed E-state index contributed by atoms with van der Waals surface area (Å²) in [6, 6.07) is 3.75. The zero-order valence-electron chi connectivity index (χ0n) is 10.7. The van der Waals surface area contributed by atoms with Crippen molar-refractivity contribution in [3.63, 3.8) is 0 Å². The summed E-state index contributed by atoms with van der Waals surface area (Å²) in [5, 5.41) is 4.16. The molecule has 0 saturated heterocycles. The molecule has 0 atom stereocenters. The number of aromatic nitrogens is 4. The molecule has 6 nitrogen and oxygen atoms in total. The van der Waals surface area contributed by atoms with Crippen molar-refractivity contribution in [2.75, 3.05) is 25.1 Å². The van der Waals surface area contributed by atoms with Crippen molar-refractivity contribution < 1.29 is 4.74 Å². The Morgan fingerprint density at radius 1 is 1.39 bits per heavy atom. The summed E-state index contributed by atoms with van der Waals surface area (Å²) >= 11 is 0. The smallest absolute Gasteiger partial charge is 0.218 e. The van der Waals surface area contributed by atoms with E-state index in [9.17, 15) is 0 Å². The molecule has 0 N–H and O–H groups in total. The fourth-order valence-electron chi connectivity index (χ4n) is 1.57. The van der Waals surface area contributed by atoms with E-state index in [4.69, 9.17) is 4.74 Å². The van der Waals surface area contributed by atoms with Gasteiger partial charge in [0.05, 0.1) is 13.2 Å². The van der Waals surface area contributed by atoms with Crippen molar-refractivity contribution in [2.45, 2.75) is 13.5 Å². The van der Waals surface area contributed by atoms with E-state index in [1.54, 1.807) is 6.20 Å². The van der Waals surface area contributed by atoms with Crippen molar-refractivity contribution in [3.8, 4) is 5.88 Å². The first kappa shape index (κ1) is 12.3. The number of likely N-dealkylation sites (N-methyl/N-ethyl adjacent to an activating group) is 1. The number of hydrogen-bond donors (Lipinski definition) is 0. The molecule has 0 radical (unpaired) electrons. The average Bonchev–Trinajstić information content (AvgIpc) is 2.90. The van der Waals surface area contributed by atoms with Gasteiger partial charge in [0.1, 0.15) is 12.1 Å². The van der Waals surface area contributed by atoms with Crippen molar-refractivity contribution in [1.82, 2.24) is 19.7 Å². The van der Waals surface area contributed by atoms with Crippen LogP contribution in [0.4, 0.5) is 5.82 Å². The van der Waals surface area contributed by atoms with Crippen LogP contribution < -0.4 is 9.64 Å². The van der Waals surface area contributed by atoms with Crippen LogP contribution in [0.25, 0.3) is 0 Å². The van der Waals surface area contributed by atoms with Gasteiger partial charge in [-0.25, -0.2) is 9.97 Å². The molecule has 18 heavy (non-hydrogen) atoms. The Morgan fingerprint density at radius 3 is 3.00 bits per heavy atom. The van der Waals surface area contributed by atoms with Crippen LogP contribution in [-0.2, 0) is 6.54 Å². The Bertz CT molecular complexity index is 471. The minimum absolute atomic E-state index is 0.605. The quantitative estimate of drug-likeness (QED) is 0.768. The molecule has 2 aromatic rings. The van der Waals surface area contributed by atoms with Gasteiger partial charge in [0, 0.05) is 32.1 Å². The molecule has 0 fully saturated rings. The van der Waals surface area contributed by atoms with Gasteiger partial charge in [0.15, 0.2) is 0 Å². The summed E-state index contributed by atoms with van der Waals surface area (Å²) in [5.74, 6) is 1.45. The Morgan fingerprint density at radius 2 is 2.28 bits per heavy atom. The minimum Gasteiger partial charge on any atom is -0.478 e. The molecule has 0 spiro atoms. The first-order valence-electron chi connectivity index (χ1n) is 5.93. The highest BCUT2D eigenvalue weighted by atomic mass is 16.5. The summed E-state index contributed by atoms with van der Waals surface area (Å²) in [6.07, 6.45) is 5.24. The first-order chi connectivity index (χ1) is 8.79. The average molecular weight is 247 g/mol. The second-order valence-electron chi connectivity index (χ2n) is 3.84. The molecule has 0 aliphatic rings. The van der Waals surface area contributed by atoms with Crippen LogP contribution in [0.2, 0.25) is 0 Å². The summed E-state index contributed by atoms with van der Waals surface area (Å²) in [7, 11) is 1.99. The van der Waals surface area contributed by atoms with Gasteiger partial charge in [0.2, 0.25) is 5.88 Å². The van der Waals surface area contributed by atoms with Gasteiger partial charge in [0.25, 0.3) is 0 Å². The van der Waals surface area contributed by atoms with Gasteiger partial charge in [-0.15, -0.1) is 0 Å². The third-order valence-corrected chi connectivity index (χ3v) is 2.53. The van der Waals surface area contributed by atoms with E-state index >= 15 is 0 Å². The Hall–Kier alpha value is -2.11. The molecule has 2 heterocycles. The van der Waals surface area contributed by atoms with Gasteiger partial charge in [-0.05, 0) is 13.0 Å². The molecular formula is C12H17N5O. The highest BCUT2D eigenvalue weighted by molar-refractivity contribution is 5.39. The zero-order valence-corrected chi connectivity index (χ0v) is 10.7. The van der Waals surface area contributed by atoms with E-state index in [-0.39, 0.29) is 0 Å². The summed E-state index contributed by atoms with van der Waals surface area (Å²) in [5.41, 5.74) is 0. The van der Waals surface area contributed by atoms with Crippen molar-refractivity contribution >= 4 is 5.82 Å². The molecule has 2 rings (SSSR count). The standard InChI is InChI=1S/C12H17N5O/c1-3-18-12-9-11(13-10-14-12)16(2)7-8-17-6-4-5-15-17/h4-6,9-10H,3,7-8H2,1-2H3. The molecule has 0 bridgehead atoms. The summed E-state index contributed by atoms with van der Waals surface area (Å²) in [4.78, 5) is 10.3. The lowest BCUT2D eigenvalue weighted by Crippen LogP contribution is -2.23. The Kier molecular flexibility index (Phi) is 4.11. The molecule has 2 aromatic heterocycles. The summed E-state index contributed by atoms with van der Waals surface area (Å²) < 4.78 is 7.24. The number of nitrogens with zero attached hydrogens (tertiary/aromatic N) is 5. The topological polar surface area (TPSA) is 56.1 Å². The maximum absolute atomic E-state index is 5.35. The van der Waals surface area contributed by atoms with Crippen LogP contribution in [-0.4, -0.2) is 39.9 Å². The van der Waals surface area contributed by atoms with Crippen LogP contribution in [0, 0.1) is 0 Å². The number of ether oxygens (including phenoxy) is 1. The largest absolute Gasteiger partial charge is 0.478 e. The monoisotopic (exact) mass is 247 g/mol. The number of rotatable bonds is 6. The first-order valence-corrected chi connectivity index (χ1v) is 5.93. The maximum atomic E-state index is 5.35. The second kappa shape index (κ2) is 6.00. The molecule has 0 unspecified atom stereocenters. The number of hydrogen-bond acceptors (Lipinski definition) is 5. The van der Waals surface area contributed by atoms with Crippen molar-refractivity contribution in [1.29, 1.82) is 0 Å². The van der Waals surface area contributed by atoms with Crippen molar-refractivity contribution in [2.24, 2.45) is 0 Å². The molecule has 0 aliphatic heterocycles. The van der Waals surface area contributed by atoms with Crippen LogP contribution in [0.1, 0.15) is 6.92 Å². The molecule has 6 heteroatoms. The lowest BCUT2D eigenvalue weighted by Gasteiger charge is -2.18. The fraction of sp³-hybridized carbons (Fsp3) is 0.417. The molecule has 0 saturated carbocycles. The highest BCUT2D eigenvalue weighted by Crippen LogP contribution is 2.14. The predicted molar refractivity (Wildman–Crippen MR) is 68.7 cm³/mol. The third-order valence-electron chi connectivity index (χ3n) is 2.53. The van der Waals surface area contributed by atoms with Crippen LogP contribution in [0.3, 0.4) is 0 Å². The molecule has 0 aromatic carbocycles. The Labute approximate surface area is 106 Å². The zero-order chi connectivity index (χ0) is 12.8. The SMILES string of the molecule is CCOc1cc(N(C)CCn2cccn2)ncn1. The lowest BCUT2D eigenvalue weighted by atomic mass is 10.4. The van der Waals surface area contributed by atoms with Crippen LogP contribution in [0.15, 0.2) is 30.9 Å². The fourth-order valence-corrected chi connectivity index (χ4v) is 1.57. The molecular weight excluding hydrogens is 230 g/mol. The molecule has 96 valence electrons. The minimum atomic E-state index is 0.605. The normalized spacial score (nSPS) is 10.3. The third kappa shape index (κ3) is 3.19. The van der Waals surface area contributed by atoms with Gasteiger partial charge in [-0.1, -0.05) is 0 Å². The van der Waals surface area contributed by atoms with Crippen molar-refractivity contribution in [3.05, 3.63) is 30.9 Å². The van der Waals surface area contributed by atoms with E-state index in [0.717, 1.165) is 18.9 Å². The van der Waals surface area contributed by atoms with E-state index < -0.39 is 0 Å². The van der Waals surface area contributed by atoms with Gasteiger partial charge in [-0.2, -0.15) is 5.10 Å². The maximum Gasteiger partial charge on any atom is 0.218 e. The highest BCUT2D eigenvalue weighted by Gasteiger charge is 2.05. The molecule has 0 aliphatic carbocycles.